The molecule has 1 aliphatic rings. The number of benzene rings is 2. The van der Waals surface area contributed by atoms with Crippen molar-refractivity contribution in [2.45, 2.75) is 24.7 Å². The van der Waals surface area contributed by atoms with Crippen LogP contribution in [-0.4, -0.2) is 39.4 Å². The maximum absolute atomic E-state index is 12.7. The molecular weight excluding hydrogens is 462 g/mol. The van der Waals surface area contributed by atoms with Gasteiger partial charge in [-0.2, -0.15) is 8.42 Å². The van der Waals surface area contributed by atoms with Gasteiger partial charge < -0.3 is 20.0 Å². The van der Waals surface area contributed by atoms with E-state index in [9.17, 15) is 23.2 Å². The van der Waals surface area contributed by atoms with Crippen molar-refractivity contribution >= 4 is 27.6 Å². The number of nitrogens with one attached hydrogen (secondary N) is 1. The van der Waals surface area contributed by atoms with Crippen LogP contribution in [0.2, 0.25) is 0 Å². The number of esters is 2. The third kappa shape index (κ3) is 4.84. The van der Waals surface area contributed by atoms with Crippen molar-refractivity contribution in [2.75, 3.05) is 14.2 Å². The summed E-state index contributed by atoms with van der Waals surface area (Å²) in [6.45, 7) is 3.31. The smallest absolute Gasteiger partial charge is 0.337 e. The number of dihydropyridines is 1. The van der Waals surface area contributed by atoms with Gasteiger partial charge in [0, 0.05) is 23.5 Å². The van der Waals surface area contributed by atoms with Crippen molar-refractivity contribution in [3.63, 3.8) is 0 Å². The molecule has 2 aromatic rings. The summed E-state index contributed by atoms with van der Waals surface area (Å²) in [6.07, 6.45) is 0. The lowest BCUT2D eigenvalue weighted by molar-refractivity contribution is -0.430. The Hall–Kier alpha value is -3.99. The molecular formula is C23H23N3O7S. The molecule has 0 bridgehead atoms. The van der Waals surface area contributed by atoms with E-state index in [1.54, 1.807) is 26.0 Å². The first-order chi connectivity index (χ1) is 16.1. The Morgan fingerprint density at radius 1 is 0.941 bits per heavy atom. The molecule has 0 unspecified atom stereocenters. The van der Waals surface area contributed by atoms with Crippen molar-refractivity contribution in [2.24, 2.45) is 4.52 Å². The number of methoxy groups -OCH3 is 2. The van der Waals surface area contributed by atoms with Gasteiger partial charge in [-0.3, -0.25) is 0 Å². The predicted molar refractivity (Wildman–Crippen MR) is 121 cm³/mol. The van der Waals surface area contributed by atoms with Crippen LogP contribution in [0.15, 0.2) is 86.6 Å². The molecule has 2 aromatic carbocycles. The molecule has 0 aliphatic carbocycles. The number of hydrogen-bond donors (Lipinski definition) is 1. The number of carbonyl (C=O) groups is 2. The SMILES string of the molecule is COC(=O)C1=C(C)NC(C)=C(C(=O)OC)C1c1cccc(/[N+]([O-])=N/S(=O)(=O)c2ccccc2)c1. The van der Waals surface area contributed by atoms with Crippen molar-refractivity contribution in [3.05, 3.63) is 87.9 Å². The van der Waals surface area contributed by atoms with Crippen LogP contribution in [0, 0.1) is 5.21 Å². The van der Waals surface area contributed by atoms with Gasteiger partial charge in [0.2, 0.25) is 5.69 Å². The first kappa shape index (κ1) is 24.6. The Balaban J connectivity index is 2.14. The molecule has 0 radical (unpaired) electrons. The molecule has 11 heteroatoms. The number of hydrogen-bond acceptors (Lipinski definition) is 8. The average molecular weight is 486 g/mol. The van der Waals surface area contributed by atoms with Gasteiger partial charge in [-0.25, -0.2) is 9.59 Å². The van der Waals surface area contributed by atoms with Crippen LogP contribution in [0.25, 0.3) is 0 Å². The van der Waals surface area contributed by atoms with Crippen LogP contribution in [-0.2, 0) is 29.1 Å². The molecule has 10 nitrogen and oxygen atoms in total. The normalized spacial score (nSPS) is 15.1. The second-order valence-electron chi connectivity index (χ2n) is 7.36. The number of sulfonamides is 1. The first-order valence-electron chi connectivity index (χ1n) is 10.1. The summed E-state index contributed by atoms with van der Waals surface area (Å²) >= 11 is 0. The first-order valence-corrected chi connectivity index (χ1v) is 11.5. The Kier molecular flexibility index (Phi) is 7.16. The zero-order chi connectivity index (χ0) is 25.0. The molecule has 1 heterocycles. The van der Waals surface area contributed by atoms with Crippen molar-refractivity contribution in [1.29, 1.82) is 0 Å². The van der Waals surface area contributed by atoms with E-state index < -0.39 is 27.9 Å². The topological polar surface area (TPSA) is 137 Å². The van der Waals surface area contributed by atoms with E-state index >= 15 is 0 Å². The Bertz CT molecular complexity index is 1290. The van der Waals surface area contributed by atoms with E-state index in [1.165, 1.54) is 56.7 Å². The van der Waals surface area contributed by atoms with E-state index in [0.717, 1.165) is 0 Å². The predicted octanol–water partition coefficient (Wildman–Crippen LogP) is 3.25. The minimum absolute atomic E-state index is 0.0182. The van der Waals surface area contributed by atoms with Gasteiger partial charge in [-0.05, 0) is 36.4 Å². The van der Waals surface area contributed by atoms with Crippen LogP contribution >= 0.6 is 0 Å². The van der Waals surface area contributed by atoms with Gasteiger partial charge in [0.1, 0.15) is 4.52 Å². The van der Waals surface area contributed by atoms with Crippen LogP contribution < -0.4 is 5.32 Å². The number of rotatable bonds is 6. The van der Waals surface area contributed by atoms with E-state index in [4.69, 9.17) is 9.47 Å². The lowest BCUT2D eigenvalue weighted by Crippen LogP contribution is -2.32. The quantitative estimate of drug-likeness (QED) is 0.285. The van der Waals surface area contributed by atoms with Crippen LogP contribution in [0.5, 0.6) is 0 Å². The molecule has 0 atom stereocenters. The number of ether oxygens (including phenoxy) is 2. The molecule has 3 rings (SSSR count). The monoisotopic (exact) mass is 485 g/mol. The molecule has 0 saturated carbocycles. The third-order valence-corrected chi connectivity index (χ3v) is 6.45. The van der Waals surface area contributed by atoms with Crippen LogP contribution in [0.1, 0.15) is 25.3 Å². The highest BCUT2D eigenvalue weighted by Crippen LogP contribution is 2.40. The highest BCUT2D eigenvalue weighted by molar-refractivity contribution is 7.89. The standard InChI is InChI=1S/C23H23N3O7S/c1-14-19(22(27)32-3)21(20(15(2)24-14)23(28)33-4)16-9-8-10-17(13-16)26(29)25-34(30,31)18-11-6-5-7-12-18/h5-13,21,24H,1-4H3/b26-25-. The van der Waals surface area contributed by atoms with E-state index in [-0.39, 0.29) is 26.6 Å². The summed E-state index contributed by atoms with van der Waals surface area (Å²) in [4.78, 5) is 25.1. The Morgan fingerprint density at radius 3 is 2.03 bits per heavy atom. The van der Waals surface area contributed by atoms with Gasteiger partial charge in [0.05, 0.1) is 36.2 Å². The number of allylic oxidation sites excluding steroid dienone is 2. The lowest BCUT2D eigenvalue weighted by Gasteiger charge is -2.30. The largest absolute Gasteiger partial charge is 0.593 e. The second-order valence-corrected chi connectivity index (χ2v) is 8.94. The maximum Gasteiger partial charge on any atom is 0.337 e. The minimum Gasteiger partial charge on any atom is -0.593 e. The van der Waals surface area contributed by atoms with Crippen molar-refractivity contribution in [3.8, 4) is 0 Å². The van der Waals surface area contributed by atoms with Gasteiger partial charge in [0.25, 0.3) is 0 Å². The second kappa shape index (κ2) is 9.87. The molecule has 0 saturated heterocycles. The molecule has 0 aromatic heterocycles. The van der Waals surface area contributed by atoms with Crippen molar-refractivity contribution in [1.82, 2.24) is 5.32 Å². The summed E-state index contributed by atoms with van der Waals surface area (Å²) in [5.41, 5.74) is 1.48. The Labute approximate surface area is 196 Å². The molecule has 0 spiro atoms. The molecule has 1 aliphatic heterocycles. The van der Waals surface area contributed by atoms with Gasteiger partial charge in [-0.1, -0.05) is 30.3 Å². The minimum atomic E-state index is -4.26. The van der Waals surface area contributed by atoms with E-state index in [0.29, 0.717) is 17.0 Å². The Morgan fingerprint density at radius 2 is 1.50 bits per heavy atom. The molecule has 34 heavy (non-hydrogen) atoms. The number of nitrogens with zero attached hydrogens (tertiary/aromatic N) is 2. The summed E-state index contributed by atoms with van der Waals surface area (Å²) in [6, 6.07) is 13.1. The van der Waals surface area contributed by atoms with Gasteiger partial charge >= 0.3 is 22.0 Å². The van der Waals surface area contributed by atoms with Gasteiger partial charge in [-0.15, -0.1) is 0 Å². The third-order valence-electron chi connectivity index (χ3n) is 5.22. The summed E-state index contributed by atoms with van der Waals surface area (Å²) < 4.78 is 38.2. The number of carbonyl (C=O) groups excluding carboxylic acids is 2. The van der Waals surface area contributed by atoms with Crippen LogP contribution in [0.3, 0.4) is 0 Å². The molecule has 0 amide bonds. The lowest BCUT2D eigenvalue weighted by atomic mass is 9.80. The average Bonchev–Trinajstić information content (AvgIpc) is 2.83. The zero-order valence-electron chi connectivity index (χ0n) is 18.9. The fourth-order valence-electron chi connectivity index (χ4n) is 3.70. The van der Waals surface area contributed by atoms with Gasteiger partial charge in [0.15, 0.2) is 0 Å². The zero-order valence-corrected chi connectivity index (χ0v) is 19.8. The van der Waals surface area contributed by atoms with E-state index in [1.807, 2.05) is 0 Å². The fourth-order valence-corrected chi connectivity index (χ4v) is 4.58. The van der Waals surface area contributed by atoms with Crippen LogP contribution in [0.4, 0.5) is 5.69 Å². The highest BCUT2D eigenvalue weighted by Gasteiger charge is 2.38. The summed E-state index contributed by atoms with van der Waals surface area (Å²) in [7, 11) is -1.83. The molecule has 178 valence electrons. The summed E-state index contributed by atoms with van der Waals surface area (Å²) in [5.74, 6) is -2.28. The van der Waals surface area contributed by atoms with Crippen molar-refractivity contribution < 1.29 is 32.3 Å². The highest BCUT2D eigenvalue weighted by atomic mass is 32.2. The van der Waals surface area contributed by atoms with E-state index in [2.05, 4.69) is 9.84 Å². The fraction of sp³-hybridized carbons (Fsp3) is 0.217. The summed E-state index contributed by atoms with van der Waals surface area (Å²) in [5, 5.41) is 15.7. The molecule has 0 fully saturated rings. The maximum atomic E-state index is 12.7. The molecule has 1 N–H and O–H groups in total.